The van der Waals surface area contributed by atoms with E-state index in [0.717, 1.165) is 16.0 Å². The lowest BCUT2D eigenvalue weighted by atomic mass is 10.4. The minimum absolute atomic E-state index is 0.780. The highest BCUT2D eigenvalue weighted by molar-refractivity contribution is 7.17. The number of aromatic nitrogens is 5. The van der Waals surface area contributed by atoms with Crippen LogP contribution in [0.4, 0.5) is 0 Å². The molecule has 0 N–H and O–H groups in total. The van der Waals surface area contributed by atoms with E-state index in [-0.39, 0.29) is 0 Å². The van der Waals surface area contributed by atoms with Gasteiger partial charge in [0.2, 0.25) is 0 Å². The first-order valence-electron chi connectivity index (χ1n) is 3.98. The van der Waals surface area contributed by atoms with Gasteiger partial charge in [-0.25, -0.2) is 19.6 Å². The number of rotatable bonds is 1. The maximum Gasteiger partial charge on any atom is 0.176 e. The molecule has 3 heterocycles. The third kappa shape index (κ3) is 1.01. The van der Waals surface area contributed by atoms with Gasteiger partial charge in [-0.05, 0) is 11.4 Å². The molecule has 68 valence electrons. The second kappa shape index (κ2) is 2.85. The van der Waals surface area contributed by atoms with Gasteiger partial charge >= 0.3 is 0 Å². The maximum atomic E-state index is 4.18. The molecule has 14 heavy (non-hydrogen) atoms. The molecule has 0 radical (unpaired) electrons. The van der Waals surface area contributed by atoms with Gasteiger partial charge in [0.05, 0.1) is 10.2 Å². The lowest BCUT2D eigenvalue weighted by molar-refractivity contribution is 0.851. The Labute approximate surface area is 83.1 Å². The summed E-state index contributed by atoms with van der Waals surface area (Å²) >= 11 is 1.60. The average molecular weight is 203 g/mol. The fourth-order valence-electron chi connectivity index (χ4n) is 1.26. The Kier molecular flexibility index (Phi) is 1.54. The van der Waals surface area contributed by atoms with Crippen LogP contribution < -0.4 is 0 Å². The van der Waals surface area contributed by atoms with Gasteiger partial charge < -0.3 is 0 Å². The van der Waals surface area contributed by atoms with Gasteiger partial charge in [0.25, 0.3) is 0 Å². The summed E-state index contributed by atoms with van der Waals surface area (Å²) in [5.74, 6) is 0.780. The SMILES string of the molecule is c1nc(-n2cncn2)c2sccc2n1. The highest BCUT2D eigenvalue weighted by Crippen LogP contribution is 2.22. The molecule has 6 heteroatoms. The zero-order valence-corrected chi connectivity index (χ0v) is 7.85. The molecule has 0 fully saturated rings. The summed E-state index contributed by atoms with van der Waals surface area (Å²) in [6.45, 7) is 0. The van der Waals surface area contributed by atoms with Crippen LogP contribution >= 0.6 is 11.3 Å². The third-order valence-electron chi connectivity index (χ3n) is 1.86. The molecule has 3 aromatic heterocycles. The summed E-state index contributed by atoms with van der Waals surface area (Å²) in [4.78, 5) is 12.2. The van der Waals surface area contributed by atoms with Gasteiger partial charge in [-0.15, -0.1) is 11.3 Å². The topological polar surface area (TPSA) is 56.5 Å². The highest BCUT2D eigenvalue weighted by Gasteiger charge is 2.06. The van der Waals surface area contributed by atoms with Crippen molar-refractivity contribution in [3.63, 3.8) is 0 Å². The van der Waals surface area contributed by atoms with Crippen LogP contribution in [0.2, 0.25) is 0 Å². The predicted molar refractivity (Wildman–Crippen MR) is 52.3 cm³/mol. The quantitative estimate of drug-likeness (QED) is 0.597. The normalized spacial score (nSPS) is 10.9. The van der Waals surface area contributed by atoms with Crippen LogP contribution in [-0.2, 0) is 0 Å². The molecule has 0 saturated carbocycles. The van der Waals surface area contributed by atoms with Crippen molar-refractivity contribution in [2.24, 2.45) is 0 Å². The van der Waals surface area contributed by atoms with Crippen LogP contribution in [0.3, 0.4) is 0 Å². The molecule has 5 nitrogen and oxygen atoms in total. The van der Waals surface area contributed by atoms with Gasteiger partial charge in [0.1, 0.15) is 19.0 Å². The van der Waals surface area contributed by atoms with Gasteiger partial charge in [0.15, 0.2) is 5.82 Å². The largest absolute Gasteiger partial charge is 0.235 e. The fraction of sp³-hybridized carbons (Fsp3) is 0. The Hall–Kier alpha value is -1.82. The summed E-state index contributed by atoms with van der Waals surface area (Å²) in [6.07, 6.45) is 4.65. The zero-order chi connectivity index (χ0) is 9.38. The van der Waals surface area contributed by atoms with E-state index in [0.29, 0.717) is 0 Å². The second-order valence-electron chi connectivity index (χ2n) is 2.67. The molecule has 0 aliphatic heterocycles. The first kappa shape index (κ1) is 7.57. The molecule has 3 aromatic rings. The van der Waals surface area contributed by atoms with Crippen LogP contribution in [0, 0.1) is 0 Å². The van der Waals surface area contributed by atoms with Crippen molar-refractivity contribution in [2.75, 3.05) is 0 Å². The second-order valence-corrected chi connectivity index (χ2v) is 3.59. The lowest BCUT2D eigenvalue weighted by Crippen LogP contribution is -1.98. The van der Waals surface area contributed by atoms with Crippen molar-refractivity contribution in [2.45, 2.75) is 0 Å². The minimum Gasteiger partial charge on any atom is -0.235 e. The first-order valence-corrected chi connectivity index (χ1v) is 4.86. The van der Waals surface area contributed by atoms with Crippen LogP contribution in [0.15, 0.2) is 30.4 Å². The summed E-state index contributed by atoms with van der Waals surface area (Å²) < 4.78 is 2.67. The molecule has 0 saturated heterocycles. The molecular weight excluding hydrogens is 198 g/mol. The monoisotopic (exact) mass is 203 g/mol. The molecule has 0 spiro atoms. The van der Waals surface area contributed by atoms with E-state index in [4.69, 9.17) is 0 Å². The van der Waals surface area contributed by atoms with E-state index in [1.54, 1.807) is 22.3 Å². The van der Waals surface area contributed by atoms with Crippen molar-refractivity contribution >= 4 is 21.6 Å². The van der Waals surface area contributed by atoms with Crippen molar-refractivity contribution in [1.29, 1.82) is 0 Å². The maximum absolute atomic E-state index is 4.18. The van der Waals surface area contributed by atoms with Crippen LogP contribution in [0.5, 0.6) is 0 Å². The fourth-order valence-corrected chi connectivity index (χ4v) is 2.08. The molecule has 0 atom stereocenters. The van der Waals surface area contributed by atoms with Crippen LogP contribution in [-0.4, -0.2) is 24.7 Å². The van der Waals surface area contributed by atoms with E-state index in [2.05, 4.69) is 20.1 Å². The molecule has 3 rings (SSSR count). The molecule has 0 amide bonds. The Morgan fingerprint density at radius 1 is 1.21 bits per heavy atom. The van der Waals surface area contributed by atoms with E-state index >= 15 is 0 Å². The van der Waals surface area contributed by atoms with Gasteiger partial charge in [-0.2, -0.15) is 5.10 Å². The molecule has 0 aliphatic rings. The number of fused-ring (bicyclic) bond motifs is 1. The van der Waals surface area contributed by atoms with E-state index < -0.39 is 0 Å². The molecule has 0 aromatic carbocycles. The summed E-state index contributed by atoms with van der Waals surface area (Å²) in [6, 6.07) is 1.96. The summed E-state index contributed by atoms with van der Waals surface area (Å²) in [5.41, 5.74) is 0.940. The molecule has 0 bridgehead atoms. The van der Waals surface area contributed by atoms with Crippen molar-refractivity contribution in [1.82, 2.24) is 24.7 Å². The Morgan fingerprint density at radius 2 is 2.21 bits per heavy atom. The van der Waals surface area contributed by atoms with Crippen LogP contribution in [0.25, 0.3) is 16.0 Å². The smallest absolute Gasteiger partial charge is 0.176 e. The Bertz CT molecular complexity index is 556. The summed E-state index contributed by atoms with van der Waals surface area (Å²) in [5, 5.41) is 6.02. The number of hydrogen-bond acceptors (Lipinski definition) is 5. The third-order valence-corrected chi connectivity index (χ3v) is 2.76. The average Bonchev–Trinajstić information content (AvgIpc) is 2.88. The number of hydrogen-bond donors (Lipinski definition) is 0. The van der Waals surface area contributed by atoms with Crippen molar-refractivity contribution < 1.29 is 0 Å². The highest BCUT2D eigenvalue weighted by atomic mass is 32.1. The summed E-state index contributed by atoms with van der Waals surface area (Å²) in [7, 11) is 0. The Morgan fingerprint density at radius 3 is 3.07 bits per heavy atom. The molecular formula is C8H5N5S. The molecule has 0 aliphatic carbocycles. The zero-order valence-electron chi connectivity index (χ0n) is 7.03. The van der Waals surface area contributed by atoms with Crippen molar-refractivity contribution in [3.8, 4) is 5.82 Å². The number of nitrogens with zero attached hydrogens (tertiary/aromatic N) is 5. The van der Waals surface area contributed by atoms with E-state index in [1.165, 1.54) is 12.7 Å². The van der Waals surface area contributed by atoms with Gasteiger partial charge in [-0.3, -0.25) is 0 Å². The van der Waals surface area contributed by atoms with Gasteiger partial charge in [-0.1, -0.05) is 0 Å². The van der Waals surface area contributed by atoms with Gasteiger partial charge in [0, 0.05) is 0 Å². The number of thiophene rings is 1. The Balaban J connectivity index is 2.36. The minimum atomic E-state index is 0.780. The van der Waals surface area contributed by atoms with Crippen molar-refractivity contribution in [3.05, 3.63) is 30.4 Å². The standard InChI is InChI=1S/C8H5N5S/c1-2-14-7-6(1)10-4-11-8(7)13-5-9-3-12-13/h1-5H. The first-order chi connectivity index (χ1) is 6.95. The van der Waals surface area contributed by atoms with E-state index in [1.807, 2.05) is 11.4 Å². The lowest BCUT2D eigenvalue weighted by Gasteiger charge is -1.98. The van der Waals surface area contributed by atoms with E-state index in [9.17, 15) is 0 Å². The van der Waals surface area contributed by atoms with Crippen LogP contribution in [0.1, 0.15) is 0 Å². The predicted octanol–water partition coefficient (Wildman–Crippen LogP) is 1.27. The molecule has 0 unspecified atom stereocenters.